The molecular weight excluding hydrogens is 292 g/mol. The molecule has 0 atom stereocenters. The Morgan fingerprint density at radius 2 is 1.57 bits per heavy atom. The summed E-state index contributed by atoms with van der Waals surface area (Å²) < 4.78 is 9.78. The van der Waals surface area contributed by atoms with Gasteiger partial charge in [-0.1, -0.05) is 23.7 Å². The van der Waals surface area contributed by atoms with Crippen LogP contribution >= 0.6 is 11.6 Å². The molecule has 0 spiro atoms. The lowest BCUT2D eigenvalue weighted by atomic mass is 10.0. The van der Waals surface area contributed by atoms with Crippen molar-refractivity contribution in [3.63, 3.8) is 0 Å². The van der Waals surface area contributed by atoms with E-state index in [1.54, 1.807) is 30.3 Å². The van der Waals surface area contributed by atoms with E-state index in [2.05, 4.69) is 4.74 Å². The van der Waals surface area contributed by atoms with Crippen molar-refractivity contribution in [1.82, 2.24) is 0 Å². The summed E-state index contributed by atoms with van der Waals surface area (Å²) in [5.74, 6) is -0.235. The number of carbonyl (C=O) groups excluding carboxylic acids is 2. The SMILES string of the molecule is COC(=O)c1ccc(C(=O)c2cc(Cl)ccc2OC)cc1. The molecule has 0 unspecified atom stereocenters. The zero-order valence-electron chi connectivity index (χ0n) is 11.6. The van der Waals surface area contributed by atoms with Crippen LogP contribution in [0.2, 0.25) is 5.02 Å². The van der Waals surface area contributed by atoms with Crippen LogP contribution in [0.1, 0.15) is 26.3 Å². The molecule has 0 aliphatic heterocycles. The quantitative estimate of drug-likeness (QED) is 0.642. The number of hydrogen-bond acceptors (Lipinski definition) is 4. The summed E-state index contributed by atoms with van der Waals surface area (Å²) in [6.07, 6.45) is 0. The van der Waals surface area contributed by atoms with Gasteiger partial charge < -0.3 is 9.47 Å². The number of esters is 1. The first-order chi connectivity index (χ1) is 10.1. The van der Waals surface area contributed by atoms with Crippen LogP contribution < -0.4 is 4.74 Å². The Morgan fingerprint density at radius 1 is 0.952 bits per heavy atom. The molecule has 0 aliphatic rings. The van der Waals surface area contributed by atoms with Crippen molar-refractivity contribution in [2.45, 2.75) is 0 Å². The van der Waals surface area contributed by atoms with Gasteiger partial charge in [0.15, 0.2) is 5.78 Å². The maximum absolute atomic E-state index is 12.5. The summed E-state index contributed by atoms with van der Waals surface area (Å²) in [7, 11) is 2.79. The fourth-order valence-corrected chi connectivity index (χ4v) is 2.06. The van der Waals surface area contributed by atoms with Gasteiger partial charge in [-0.3, -0.25) is 4.79 Å². The van der Waals surface area contributed by atoms with Gasteiger partial charge in [0.05, 0.1) is 25.3 Å². The molecule has 0 saturated carbocycles. The van der Waals surface area contributed by atoms with Gasteiger partial charge in [-0.05, 0) is 30.3 Å². The van der Waals surface area contributed by atoms with Crippen molar-refractivity contribution in [1.29, 1.82) is 0 Å². The van der Waals surface area contributed by atoms with Gasteiger partial charge in [-0.25, -0.2) is 4.79 Å². The molecular formula is C16H13ClO4. The van der Waals surface area contributed by atoms with Gasteiger partial charge in [0, 0.05) is 10.6 Å². The topological polar surface area (TPSA) is 52.6 Å². The van der Waals surface area contributed by atoms with E-state index in [0.717, 1.165) is 0 Å². The van der Waals surface area contributed by atoms with E-state index in [1.807, 2.05) is 0 Å². The zero-order chi connectivity index (χ0) is 15.4. The van der Waals surface area contributed by atoms with Gasteiger partial charge in [-0.2, -0.15) is 0 Å². The predicted molar refractivity (Wildman–Crippen MR) is 79.2 cm³/mol. The van der Waals surface area contributed by atoms with E-state index in [4.69, 9.17) is 16.3 Å². The molecule has 0 heterocycles. The number of benzene rings is 2. The minimum absolute atomic E-state index is 0.231. The van der Waals surface area contributed by atoms with Gasteiger partial charge in [0.1, 0.15) is 5.75 Å². The first-order valence-corrected chi connectivity index (χ1v) is 6.51. The Bertz CT molecular complexity index is 677. The molecule has 2 aromatic carbocycles. The number of carbonyl (C=O) groups is 2. The lowest BCUT2D eigenvalue weighted by molar-refractivity contribution is 0.0600. The zero-order valence-corrected chi connectivity index (χ0v) is 12.3. The molecule has 0 radical (unpaired) electrons. The van der Waals surface area contributed by atoms with Crippen molar-refractivity contribution in [3.8, 4) is 5.75 Å². The lowest BCUT2D eigenvalue weighted by Gasteiger charge is -2.08. The molecule has 0 aliphatic carbocycles. The molecule has 0 aromatic heterocycles. The number of ketones is 1. The van der Waals surface area contributed by atoms with Crippen LogP contribution in [0.4, 0.5) is 0 Å². The van der Waals surface area contributed by atoms with Crippen molar-refractivity contribution in [3.05, 3.63) is 64.2 Å². The molecule has 0 N–H and O–H groups in total. The second-order valence-corrected chi connectivity index (χ2v) is 4.68. The van der Waals surface area contributed by atoms with E-state index >= 15 is 0 Å². The minimum atomic E-state index is -0.450. The third-order valence-electron chi connectivity index (χ3n) is 2.97. The first kappa shape index (κ1) is 15.1. The summed E-state index contributed by atoms with van der Waals surface area (Å²) >= 11 is 5.92. The number of methoxy groups -OCH3 is 2. The van der Waals surface area contributed by atoms with Crippen LogP contribution in [0.3, 0.4) is 0 Å². The van der Waals surface area contributed by atoms with E-state index in [0.29, 0.717) is 27.5 Å². The van der Waals surface area contributed by atoms with E-state index in [1.165, 1.54) is 26.4 Å². The largest absolute Gasteiger partial charge is 0.496 e. The normalized spacial score (nSPS) is 10.0. The Balaban J connectivity index is 2.36. The molecule has 21 heavy (non-hydrogen) atoms. The van der Waals surface area contributed by atoms with E-state index in [9.17, 15) is 9.59 Å². The number of ether oxygens (including phenoxy) is 2. The van der Waals surface area contributed by atoms with E-state index < -0.39 is 5.97 Å². The van der Waals surface area contributed by atoms with E-state index in [-0.39, 0.29) is 5.78 Å². The Hall–Kier alpha value is -2.33. The molecule has 0 amide bonds. The molecule has 108 valence electrons. The highest BCUT2D eigenvalue weighted by atomic mass is 35.5. The smallest absolute Gasteiger partial charge is 0.337 e. The molecule has 2 aromatic rings. The molecule has 0 saturated heterocycles. The van der Waals surface area contributed by atoms with Crippen LogP contribution in [-0.4, -0.2) is 26.0 Å². The van der Waals surface area contributed by atoms with Crippen LogP contribution in [0.5, 0.6) is 5.75 Å². The standard InChI is InChI=1S/C16H13ClO4/c1-20-14-8-7-12(17)9-13(14)15(18)10-3-5-11(6-4-10)16(19)21-2/h3-9H,1-2H3. The third kappa shape index (κ3) is 3.23. The highest BCUT2D eigenvalue weighted by molar-refractivity contribution is 6.31. The molecule has 0 bridgehead atoms. The second-order valence-electron chi connectivity index (χ2n) is 4.24. The van der Waals surface area contributed by atoms with Crippen molar-refractivity contribution in [2.75, 3.05) is 14.2 Å². The first-order valence-electron chi connectivity index (χ1n) is 6.13. The van der Waals surface area contributed by atoms with Crippen LogP contribution in [0.25, 0.3) is 0 Å². The van der Waals surface area contributed by atoms with Crippen LogP contribution in [0.15, 0.2) is 42.5 Å². The molecule has 5 heteroatoms. The lowest BCUT2D eigenvalue weighted by Crippen LogP contribution is -2.06. The molecule has 2 rings (SSSR count). The summed E-state index contributed by atoms with van der Waals surface area (Å²) in [6.45, 7) is 0. The van der Waals surface area contributed by atoms with Crippen molar-refractivity contribution >= 4 is 23.4 Å². The fourth-order valence-electron chi connectivity index (χ4n) is 1.89. The monoisotopic (exact) mass is 304 g/mol. The molecule has 4 nitrogen and oxygen atoms in total. The average Bonchev–Trinajstić information content (AvgIpc) is 2.53. The summed E-state index contributed by atoms with van der Waals surface area (Å²) in [6, 6.07) is 11.0. The van der Waals surface area contributed by atoms with Gasteiger partial charge in [0.25, 0.3) is 0 Å². The molecule has 0 fully saturated rings. The van der Waals surface area contributed by atoms with Gasteiger partial charge in [0.2, 0.25) is 0 Å². The maximum atomic E-state index is 12.5. The van der Waals surface area contributed by atoms with Crippen molar-refractivity contribution < 1.29 is 19.1 Å². The Morgan fingerprint density at radius 3 is 2.14 bits per heavy atom. The van der Waals surface area contributed by atoms with Crippen LogP contribution in [-0.2, 0) is 4.74 Å². The summed E-state index contributed by atoms with van der Waals surface area (Å²) in [4.78, 5) is 23.8. The third-order valence-corrected chi connectivity index (χ3v) is 3.21. The van der Waals surface area contributed by atoms with Gasteiger partial charge >= 0.3 is 5.97 Å². The second kappa shape index (κ2) is 6.41. The highest BCUT2D eigenvalue weighted by Crippen LogP contribution is 2.25. The average molecular weight is 305 g/mol. The Kier molecular flexibility index (Phi) is 4.60. The fraction of sp³-hybridized carbons (Fsp3) is 0.125. The highest BCUT2D eigenvalue weighted by Gasteiger charge is 2.16. The Labute approximate surface area is 127 Å². The van der Waals surface area contributed by atoms with Gasteiger partial charge in [-0.15, -0.1) is 0 Å². The predicted octanol–water partition coefficient (Wildman–Crippen LogP) is 3.37. The summed E-state index contributed by atoms with van der Waals surface area (Å²) in [5, 5.41) is 0.449. The minimum Gasteiger partial charge on any atom is -0.496 e. The number of hydrogen-bond donors (Lipinski definition) is 0. The van der Waals surface area contributed by atoms with Crippen LogP contribution in [0, 0.1) is 0 Å². The summed E-state index contributed by atoms with van der Waals surface area (Å²) in [5.41, 5.74) is 1.19. The number of halogens is 1. The maximum Gasteiger partial charge on any atom is 0.337 e. The number of rotatable bonds is 4. The van der Waals surface area contributed by atoms with Crippen molar-refractivity contribution in [2.24, 2.45) is 0 Å².